The third kappa shape index (κ3) is 2.57. The van der Waals surface area contributed by atoms with Crippen molar-refractivity contribution in [3.63, 3.8) is 0 Å². The van der Waals surface area contributed by atoms with Gasteiger partial charge in [0.25, 0.3) is 0 Å². The Labute approximate surface area is 86.7 Å². The monoisotopic (exact) mass is 195 g/mol. The number of rotatable bonds is 3. The number of carbonyl (C=O) groups is 1. The standard InChI is InChI=1S/C12H21NO/c1-13(9-10-7-8-10)11-5-3-2-4-6-12(11)14/h10-11H,2-9H2,1H3. The van der Waals surface area contributed by atoms with E-state index in [-0.39, 0.29) is 6.04 Å². The number of hydrogen-bond donors (Lipinski definition) is 0. The largest absolute Gasteiger partial charge is 0.298 e. The lowest BCUT2D eigenvalue weighted by Crippen LogP contribution is -2.38. The molecule has 80 valence electrons. The van der Waals surface area contributed by atoms with E-state index in [9.17, 15) is 4.79 Å². The van der Waals surface area contributed by atoms with Crippen LogP contribution in [-0.4, -0.2) is 30.3 Å². The molecule has 0 aromatic rings. The summed E-state index contributed by atoms with van der Waals surface area (Å²) < 4.78 is 0. The second-order valence-corrected chi connectivity index (χ2v) is 4.96. The van der Waals surface area contributed by atoms with Crippen molar-refractivity contribution in [3.8, 4) is 0 Å². The predicted octanol–water partition coefficient (Wildman–Crippen LogP) is 2.23. The molecule has 2 nitrogen and oxygen atoms in total. The van der Waals surface area contributed by atoms with Gasteiger partial charge < -0.3 is 0 Å². The van der Waals surface area contributed by atoms with Crippen LogP contribution >= 0.6 is 0 Å². The smallest absolute Gasteiger partial charge is 0.149 e. The number of nitrogens with zero attached hydrogens (tertiary/aromatic N) is 1. The van der Waals surface area contributed by atoms with Crippen LogP contribution in [0, 0.1) is 5.92 Å². The molecule has 14 heavy (non-hydrogen) atoms. The van der Waals surface area contributed by atoms with Gasteiger partial charge in [0.05, 0.1) is 6.04 Å². The Morgan fingerprint density at radius 3 is 2.71 bits per heavy atom. The Kier molecular flexibility index (Phi) is 3.22. The zero-order valence-corrected chi connectivity index (χ0v) is 9.17. The third-order valence-electron chi connectivity index (χ3n) is 3.55. The first kappa shape index (κ1) is 10.2. The predicted molar refractivity (Wildman–Crippen MR) is 57.2 cm³/mol. The van der Waals surface area contributed by atoms with Crippen LogP contribution in [-0.2, 0) is 4.79 Å². The molecule has 2 aliphatic carbocycles. The minimum Gasteiger partial charge on any atom is -0.298 e. The van der Waals surface area contributed by atoms with E-state index in [1.54, 1.807) is 0 Å². The first-order valence-corrected chi connectivity index (χ1v) is 6.00. The molecule has 0 saturated heterocycles. The van der Waals surface area contributed by atoms with Crippen LogP contribution in [0.4, 0.5) is 0 Å². The molecule has 0 aromatic heterocycles. The van der Waals surface area contributed by atoms with Crippen molar-refractivity contribution in [1.82, 2.24) is 4.90 Å². The maximum Gasteiger partial charge on any atom is 0.149 e. The van der Waals surface area contributed by atoms with Gasteiger partial charge in [-0.3, -0.25) is 9.69 Å². The van der Waals surface area contributed by atoms with Gasteiger partial charge in [-0.15, -0.1) is 0 Å². The molecule has 2 rings (SSSR count). The van der Waals surface area contributed by atoms with Crippen LogP contribution in [0.1, 0.15) is 44.9 Å². The maximum atomic E-state index is 11.8. The first-order chi connectivity index (χ1) is 6.77. The number of ketones is 1. The molecule has 0 aromatic carbocycles. The number of hydrogen-bond acceptors (Lipinski definition) is 2. The highest BCUT2D eigenvalue weighted by Crippen LogP contribution is 2.30. The van der Waals surface area contributed by atoms with E-state index < -0.39 is 0 Å². The molecule has 2 fully saturated rings. The SMILES string of the molecule is CN(CC1CC1)C1CCCCCC1=O. The Balaban J connectivity index is 1.87. The fourth-order valence-electron chi connectivity index (χ4n) is 2.44. The summed E-state index contributed by atoms with van der Waals surface area (Å²) in [6, 6.07) is 0.248. The second-order valence-electron chi connectivity index (χ2n) is 4.96. The highest BCUT2D eigenvalue weighted by Gasteiger charge is 2.29. The number of carbonyl (C=O) groups excluding carboxylic acids is 1. The average molecular weight is 195 g/mol. The lowest BCUT2D eigenvalue weighted by molar-refractivity contribution is -0.123. The molecule has 0 spiro atoms. The van der Waals surface area contributed by atoms with Crippen molar-refractivity contribution < 1.29 is 4.79 Å². The van der Waals surface area contributed by atoms with Crippen LogP contribution in [0.15, 0.2) is 0 Å². The summed E-state index contributed by atoms with van der Waals surface area (Å²) in [5, 5.41) is 0. The molecule has 2 aliphatic rings. The Morgan fingerprint density at radius 2 is 2.00 bits per heavy atom. The molecule has 0 amide bonds. The summed E-state index contributed by atoms with van der Waals surface area (Å²) in [7, 11) is 2.13. The molecule has 0 heterocycles. The normalized spacial score (nSPS) is 29.3. The fourth-order valence-corrected chi connectivity index (χ4v) is 2.44. The Hall–Kier alpha value is -0.370. The summed E-state index contributed by atoms with van der Waals surface area (Å²) in [4.78, 5) is 14.1. The number of Topliss-reactive ketones (excluding diaryl/α,β-unsaturated/α-hetero) is 1. The molecular formula is C12H21NO. The van der Waals surface area contributed by atoms with Crippen LogP contribution in [0.5, 0.6) is 0 Å². The van der Waals surface area contributed by atoms with Crippen LogP contribution in [0.25, 0.3) is 0 Å². The summed E-state index contributed by atoms with van der Waals surface area (Å²) in [6.07, 6.45) is 8.29. The van der Waals surface area contributed by atoms with E-state index in [0.717, 1.165) is 31.7 Å². The van der Waals surface area contributed by atoms with Gasteiger partial charge in [-0.1, -0.05) is 12.8 Å². The molecular weight excluding hydrogens is 174 g/mol. The minimum absolute atomic E-state index is 0.248. The lowest BCUT2D eigenvalue weighted by atomic mass is 10.1. The minimum atomic E-state index is 0.248. The quantitative estimate of drug-likeness (QED) is 0.644. The van der Waals surface area contributed by atoms with E-state index in [1.807, 2.05) is 0 Å². The van der Waals surface area contributed by atoms with Crippen LogP contribution < -0.4 is 0 Å². The third-order valence-corrected chi connectivity index (χ3v) is 3.55. The fraction of sp³-hybridized carbons (Fsp3) is 0.917. The lowest BCUT2D eigenvalue weighted by Gasteiger charge is -2.25. The molecule has 1 atom stereocenters. The van der Waals surface area contributed by atoms with Crippen molar-refractivity contribution >= 4 is 5.78 Å². The zero-order valence-electron chi connectivity index (χ0n) is 9.17. The molecule has 0 N–H and O–H groups in total. The second kappa shape index (κ2) is 4.43. The summed E-state index contributed by atoms with van der Waals surface area (Å²) in [6.45, 7) is 1.15. The molecule has 0 bridgehead atoms. The summed E-state index contributed by atoms with van der Waals surface area (Å²) in [5.74, 6) is 1.39. The van der Waals surface area contributed by atoms with Crippen molar-refractivity contribution in [3.05, 3.63) is 0 Å². The van der Waals surface area contributed by atoms with E-state index in [2.05, 4.69) is 11.9 Å². The average Bonchev–Trinajstić information content (AvgIpc) is 2.93. The van der Waals surface area contributed by atoms with Crippen LogP contribution in [0.2, 0.25) is 0 Å². The Bertz CT molecular complexity index is 210. The first-order valence-electron chi connectivity index (χ1n) is 6.00. The zero-order chi connectivity index (χ0) is 9.97. The highest BCUT2D eigenvalue weighted by atomic mass is 16.1. The van der Waals surface area contributed by atoms with E-state index >= 15 is 0 Å². The number of likely N-dealkylation sites (N-methyl/N-ethyl adjacent to an activating group) is 1. The highest BCUT2D eigenvalue weighted by molar-refractivity contribution is 5.84. The van der Waals surface area contributed by atoms with Gasteiger partial charge in [0.2, 0.25) is 0 Å². The van der Waals surface area contributed by atoms with Gasteiger partial charge in [0.1, 0.15) is 5.78 Å². The molecule has 1 unspecified atom stereocenters. The summed E-state index contributed by atoms with van der Waals surface area (Å²) >= 11 is 0. The van der Waals surface area contributed by atoms with Crippen LogP contribution in [0.3, 0.4) is 0 Å². The van der Waals surface area contributed by atoms with Gasteiger partial charge >= 0.3 is 0 Å². The van der Waals surface area contributed by atoms with Gasteiger partial charge in [0, 0.05) is 13.0 Å². The van der Waals surface area contributed by atoms with E-state index in [1.165, 1.54) is 25.7 Å². The van der Waals surface area contributed by atoms with Crippen molar-refractivity contribution in [2.75, 3.05) is 13.6 Å². The van der Waals surface area contributed by atoms with Gasteiger partial charge in [-0.2, -0.15) is 0 Å². The molecule has 2 heteroatoms. The molecule has 0 radical (unpaired) electrons. The summed E-state index contributed by atoms with van der Waals surface area (Å²) in [5.41, 5.74) is 0. The Morgan fingerprint density at radius 1 is 1.21 bits per heavy atom. The van der Waals surface area contributed by atoms with Crippen molar-refractivity contribution in [2.24, 2.45) is 5.92 Å². The molecule has 0 aliphatic heterocycles. The van der Waals surface area contributed by atoms with Crippen molar-refractivity contribution in [2.45, 2.75) is 51.0 Å². The van der Waals surface area contributed by atoms with E-state index in [0.29, 0.717) is 5.78 Å². The topological polar surface area (TPSA) is 20.3 Å². The van der Waals surface area contributed by atoms with Gasteiger partial charge in [-0.05, 0) is 38.6 Å². The maximum absolute atomic E-state index is 11.8. The van der Waals surface area contributed by atoms with Gasteiger partial charge in [-0.25, -0.2) is 0 Å². The molecule has 2 saturated carbocycles. The van der Waals surface area contributed by atoms with Gasteiger partial charge in [0.15, 0.2) is 0 Å². The van der Waals surface area contributed by atoms with Crippen molar-refractivity contribution in [1.29, 1.82) is 0 Å². The van der Waals surface area contributed by atoms with E-state index in [4.69, 9.17) is 0 Å².